The standard InChI is InChI=1S/C10H7BrINO2S2/c11-7-3-4-9(8(12)6-7)13-17(14,15)10-2-1-5-16-10/h1-6,13H. The van der Waals surface area contributed by atoms with Gasteiger partial charge in [-0.25, -0.2) is 8.42 Å². The summed E-state index contributed by atoms with van der Waals surface area (Å²) in [7, 11) is -3.46. The molecule has 3 nitrogen and oxygen atoms in total. The van der Waals surface area contributed by atoms with Crippen LogP contribution < -0.4 is 4.72 Å². The van der Waals surface area contributed by atoms with Gasteiger partial charge in [-0.05, 0) is 52.2 Å². The normalized spacial score (nSPS) is 11.4. The number of anilines is 1. The molecule has 0 saturated heterocycles. The summed E-state index contributed by atoms with van der Waals surface area (Å²) in [6, 6.07) is 8.68. The molecule has 0 aliphatic rings. The van der Waals surface area contributed by atoms with Gasteiger partial charge in [0.15, 0.2) is 0 Å². The van der Waals surface area contributed by atoms with Crippen LogP contribution in [0.2, 0.25) is 0 Å². The number of hydrogen-bond donors (Lipinski definition) is 1. The molecule has 0 unspecified atom stereocenters. The summed E-state index contributed by atoms with van der Waals surface area (Å²) in [4.78, 5) is 0. The van der Waals surface area contributed by atoms with Crippen LogP contribution in [0, 0.1) is 3.57 Å². The van der Waals surface area contributed by atoms with Gasteiger partial charge in [0.1, 0.15) is 4.21 Å². The van der Waals surface area contributed by atoms with Crippen LogP contribution in [0.5, 0.6) is 0 Å². The first-order valence-corrected chi connectivity index (χ1v) is 8.74. The van der Waals surface area contributed by atoms with Gasteiger partial charge in [0.05, 0.1) is 5.69 Å². The van der Waals surface area contributed by atoms with Gasteiger partial charge in [-0.1, -0.05) is 22.0 Å². The fourth-order valence-electron chi connectivity index (χ4n) is 1.18. The second-order valence-electron chi connectivity index (χ2n) is 3.16. The lowest BCUT2D eigenvalue weighted by Crippen LogP contribution is -2.12. The van der Waals surface area contributed by atoms with E-state index in [0.29, 0.717) is 9.90 Å². The number of benzene rings is 1. The van der Waals surface area contributed by atoms with Gasteiger partial charge in [0, 0.05) is 8.04 Å². The molecule has 1 aromatic carbocycles. The van der Waals surface area contributed by atoms with E-state index in [-0.39, 0.29) is 0 Å². The van der Waals surface area contributed by atoms with E-state index >= 15 is 0 Å². The quantitative estimate of drug-likeness (QED) is 0.731. The molecule has 0 fully saturated rings. The minimum absolute atomic E-state index is 0.316. The highest BCUT2D eigenvalue weighted by atomic mass is 127. The number of nitrogens with one attached hydrogen (secondary N) is 1. The van der Waals surface area contributed by atoms with Crippen molar-refractivity contribution in [3.05, 3.63) is 43.8 Å². The number of thiophene rings is 1. The van der Waals surface area contributed by atoms with Crippen molar-refractivity contribution in [1.82, 2.24) is 0 Å². The summed E-state index contributed by atoms with van der Waals surface area (Å²) < 4.78 is 28.6. The van der Waals surface area contributed by atoms with E-state index in [1.54, 1.807) is 29.6 Å². The maximum Gasteiger partial charge on any atom is 0.271 e. The summed E-state index contributed by atoms with van der Waals surface area (Å²) in [5.74, 6) is 0. The van der Waals surface area contributed by atoms with Gasteiger partial charge < -0.3 is 0 Å². The Balaban J connectivity index is 2.33. The van der Waals surface area contributed by atoms with Crippen molar-refractivity contribution in [3.63, 3.8) is 0 Å². The Bertz CT molecular complexity index is 626. The van der Waals surface area contributed by atoms with Gasteiger partial charge in [-0.15, -0.1) is 11.3 Å². The molecule has 0 amide bonds. The van der Waals surface area contributed by atoms with Crippen molar-refractivity contribution in [2.24, 2.45) is 0 Å². The number of sulfonamides is 1. The summed E-state index contributed by atoms with van der Waals surface area (Å²) in [6.45, 7) is 0. The number of rotatable bonds is 3. The molecular weight excluding hydrogens is 437 g/mol. The fraction of sp³-hybridized carbons (Fsp3) is 0. The summed E-state index contributed by atoms with van der Waals surface area (Å²) in [5, 5.41) is 1.74. The van der Waals surface area contributed by atoms with Crippen LogP contribution in [0.25, 0.3) is 0 Å². The van der Waals surface area contributed by atoms with Gasteiger partial charge in [0.25, 0.3) is 10.0 Å². The summed E-state index contributed by atoms with van der Waals surface area (Å²) >= 11 is 6.62. The minimum Gasteiger partial charge on any atom is -0.278 e. The Hall–Kier alpha value is -0.120. The second kappa shape index (κ2) is 5.25. The van der Waals surface area contributed by atoms with Crippen LogP contribution in [0.1, 0.15) is 0 Å². The lowest BCUT2D eigenvalue weighted by Gasteiger charge is -2.08. The average molecular weight is 444 g/mol. The average Bonchev–Trinajstić information content (AvgIpc) is 2.76. The largest absolute Gasteiger partial charge is 0.278 e. The second-order valence-corrected chi connectivity index (χ2v) is 8.10. The first-order chi connectivity index (χ1) is 7.99. The molecule has 1 aromatic heterocycles. The van der Waals surface area contributed by atoms with Crippen molar-refractivity contribution in [3.8, 4) is 0 Å². The van der Waals surface area contributed by atoms with E-state index in [0.717, 1.165) is 8.04 Å². The number of halogens is 2. The molecule has 1 heterocycles. The first-order valence-electron chi connectivity index (χ1n) is 4.50. The van der Waals surface area contributed by atoms with Crippen molar-refractivity contribution < 1.29 is 8.42 Å². The highest BCUT2D eigenvalue weighted by molar-refractivity contribution is 14.1. The molecule has 90 valence electrons. The highest BCUT2D eigenvalue weighted by Gasteiger charge is 2.16. The molecule has 2 rings (SSSR count). The van der Waals surface area contributed by atoms with E-state index in [1.165, 1.54) is 11.3 Å². The van der Waals surface area contributed by atoms with Gasteiger partial charge in [0.2, 0.25) is 0 Å². The van der Waals surface area contributed by atoms with Gasteiger partial charge >= 0.3 is 0 Å². The van der Waals surface area contributed by atoms with Crippen LogP contribution in [0.15, 0.2) is 44.4 Å². The molecule has 2 aromatic rings. The predicted molar refractivity (Wildman–Crippen MR) is 82.0 cm³/mol. The Morgan fingerprint density at radius 1 is 1.29 bits per heavy atom. The van der Waals surface area contributed by atoms with E-state index in [9.17, 15) is 8.42 Å². The summed E-state index contributed by atoms with van der Waals surface area (Å²) in [6.07, 6.45) is 0. The van der Waals surface area contributed by atoms with Gasteiger partial charge in [-0.3, -0.25) is 4.72 Å². The SMILES string of the molecule is O=S(=O)(Nc1ccc(Br)cc1I)c1cccs1. The van der Waals surface area contributed by atoms with Crippen molar-refractivity contribution in [2.45, 2.75) is 4.21 Å². The molecule has 0 saturated carbocycles. The third-order valence-electron chi connectivity index (χ3n) is 1.94. The fourth-order valence-corrected chi connectivity index (χ4v) is 4.88. The zero-order valence-corrected chi connectivity index (χ0v) is 13.7. The molecule has 0 bridgehead atoms. The maximum absolute atomic E-state index is 12.0. The molecular formula is C10H7BrINO2S2. The number of hydrogen-bond acceptors (Lipinski definition) is 3. The van der Waals surface area contributed by atoms with Crippen molar-refractivity contribution >= 4 is 65.6 Å². The third kappa shape index (κ3) is 3.21. The van der Waals surface area contributed by atoms with Crippen molar-refractivity contribution in [1.29, 1.82) is 0 Å². The lowest BCUT2D eigenvalue weighted by molar-refractivity contribution is 0.603. The van der Waals surface area contributed by atoms with Crippen molar-refractivity contribution in [2.75, 3.05) is 4.72 Å². The zero-order chi connectivity index (χ0) is 12.5. The molecule has 7 heteroatoms. The van der Waals surface area contributed by atoms with Crippen LogP contribution in [-0.4, -0.2) is 8.42 Å². The van der Waals surface area contributed by atoms with E-state index < -0.39 is 10.0 Å². The summed E-state index contributed by atoms with van der Waals surface area (Å²) in [5.41, 5.74) is 0.585. The Labute approximate surface area is 126 Å². The monoisotopic (exact) mass is 443 g/mol. The molecule has 0 aliphatic carbocycles. The topological polar surface area (TPSA) is 46.2 Å². The van der Waals surface area contributed by atoms with Gasteiger partial charge in [-0.2, -0.15) is 0 Å². The van der Waals surface area contributed by atoms with E-state index in [2.05, 4.69) is 43.2 Å². The molecule has 0 spiro atoms. The van der Waals surface area contributed by atoms with E-state index in [1.807, 2.05) is 6.07 Å². The van der Waals surface area contributed by atoms with Crippen LogP contribution in [-0.2, 0) is 10.0 Å². The van der Waals surface area contributed by atoms with E-state index in [4.69, 9.17) is 0 Å². The predicted octanol–water partition coefficient (Wildman–Crippen LogP) is 3.92. The smallest absolute Gasteiger partial charge is 0.271 e. The minimum atomic E-state index is -3.46. The van der Waals surface area contributed by atoms with Crippen LogP contribution in [0.3, 0.4) is 0 Å². The molecule has 17 heavy (non-hydrogen) atoms. The molecule has 0 radical (unpaired) electrons. The third-order valence-corrected chi connectivity index (χ3v) is 6.08. The Kier molecular flexibility index (Phi) is 4.11. The molecule has 0 aliphatic heterocycles. The van der Waals surface area contributed by atoms with Crippen LogP contribution >= 0.6 is 49.9 Å². The van der Waals surface area contributed by atoms with Crippen LogP contribution in [0.4, 0.5) is 5.69 Å². The molecule has 0 atom stereocenters. The highest BCUT2D eigenvalue weighted by Crippen LogP contribution is 2.26. The maximum atomic E-state index is 12.0. The molecule has 1 N–H and O–H groups in total. The Morgan fingerprint density at radius 3 is 2.65 bits per heavy atom. The lowest BCUT2D eigenvalue weighted by atomic mass is 10.3. The Morgan fingerprint density at radius 2 is 2.06 bits per heavy atom. The zero-order valence-electron chi connectivity index (χ0n) is 8.35. The first kappa shape index (κ1) is 13.3.